The van der Waals surface area contributed by atoms with Crippen LogP contribution in [0, 0.1) is 5.82 Å². The Kier molecular flexibility index (Phi) is 4.37. The van der Waals surface area contributed by atoms with E-state index < -0.39 is 0 Å². The summed E-state index contributed by atoms with van der Waals surface area (Å²) in [6, 6.07) is 5.15. The van der Waals surface area contributed by atoms with Gasteiger partial charge in [-0.15, -0.1) is 0 Å². The zero-order chi connectivity index (χ0) is 12.3. The van der Waals surface area contributed by atoms with Crippen LogP contribution in [-0.4, -0.2) is 31.1 Å². The smallest absolute Gasteiger partial charge is 0.129 e. The second kappa shape index (κ2) is 5.80. The van der Waals surface area contributed by atoms with Crippen LogP contribution in [0.2, 0.25) is 5.02 Å². The van der Waals surface area contributed by atoms with Gasteiger partial charge in [0.25, 0.3) is 0 Å². The first-order valence-corrected chi connectivity index (χ1v) is 6.50. The first-order valence-electron chi connectivity index (χ1n) is 6.12. The molecule has 17 heavy (non-hydrogen) atoms. The van der Waals surface area contributed by atoms with E-state index in [0.717, 1.165) is 38.2 Å². The molecule has 0 bridgehead atoms. The summed E-state index contributed by atoms with van der Waals surface area (Å²) >= 11 is 5.79. The summed E-state index contributed by atoms with van der Waals surface area (Å²) in [5.74, 6) is -0.192. The standard InChI is InChI=1S/C13H18ClFN2/c1-2-13(17-7-5-16-6-8-17)11-4-3-10(14)9-12(11)15/h3-4,9,13,16H,2,5-8H2,1H3/t13-/m0/s1. The zero-order valence-corrected chi connectivity index (χ0v) is 10.8. The highest BCUT2D eigenvalue weighted by atomic mass is 35.5. The lowest BCUT2D eigenvalue weighted by atomic mass is 10.0. The zero-order valence-electron chi connectivity index (χ0n) is 10.0. The van der Waals surface area contributed by atoms with Crippen molar-refractivity contribution in [2.45, 2.75) is 19.4 Å². The lowest BCUT2D eigenvalue weighted by molar-refractivity contribution is 0.166. The van der Waals surface area contributed by atoms with Gasteiger partial charge in [0.15, 0.2) is 0 Å². The molecule has 1 aliphatic heterocycles. The third-order valence-corrected chi connectivity index (χ3v) is 3.54. The van der Waals surface area contributed by atoms with Crippen LogP contribution in [0.4, 0.5) is 4.39 Å². The van der Waals surface area contributed by atoms with Crippen molar-refractivity contribution < 1.29 is 4.39 Å². The Labute approximate surface area is 107 Å². The molecule has 1 saturated heterocycles. The number of rotatable bonds is 3. The van der Waals surface area contributed by atoms with Crippen molar-refractivity contribution >= 4 is 11.6 Å². The third-order valence-electron chi connectivity index (χ3n) is 3.30. The summed E-state index contributed by atoms with van der Waals surface area (Å²) < 4.78 is 13.9. The molecule has 0 amide bonds. The van der Waals surface area contributed by atoms with Gasteiger partial charge in [0.1, 0.15) is 5.82 Å². The molecule has 0 spiro atoms. The number of hydrogen-bond donors (Lipinski definition) is 1. The summed E-state index contributed by atoms with van der Waals surface area (Å²) in [4.78, 5) is 2.34. The highest BCUT2D eigenvalue weighted by Gasteiger charge is 2.22. The van der Waals surface area contributed by atoms with E-state index in [1.54, 1.807) is 6.07 Å². The van der Waals surface area contributed by atoms with Gasteiger partial charge in [-0.1, -0.05) is 24.6 Å². The Bertz CT molecular complexity index is 378. The number of benzene rings is 1. The summed E-state index contributed by atoms with van der Waals surface area (Å²) in [5.41, 5.74) is 0.763. The van der Waals surface area contributed by atoms with Crippen LogP contribution in [0.1, 0.15) is 24.9 Å². The molecule has 1 aromatic rings. The Hall–Kier alpha value is -0.640. The Morgan fingerprint density at radius 1 is 1.41 bits per heavy atom. The predicted molar refractivity (Wildman–Crippen MR) is 68.9 cm³/mol. The molecular formula is C13H18ClFN2. The van der Waals surface area contributed by atoms with Crippen LogP contribution in [0.25, 0.3) is 0 Å². The molecule has 1 atom stereocenters. The van der Waals surface area contributed by atoms with E-state index in [1.807, 2.05) is 6.07 Å². The molecule has 94 valence electrons. The first-order chi connectivity index (χ1) is 8.22. The van der Waals surface area contributed by atoms with Crippen LogP contribution in [0.5, 0.6) is 0 Å². The maximum atomic E-state index is 13.9. The summed E-state index contributed by atoms with van der Waals surface area (Å²) in [6.07, 6.45) is 0.915. The van der Waals surface area contributed by atoms with E-state index in [2.05, 4.69) is 17.1 Å². The van der Waals surface area contributed by atoms with Crippen LogP contribution in [0.15, 0.2) is 18.2 Å². The molecule has 1 fully saturated rings. The van der Waals surface area contributed by atoms with Gasteiger partial charge >= 0.3 is 0 Å². The van der Waals surface area contributed by atoms with Gasteiger partial charge in [-0.3, -0.25) is 4.90 Å². The molecule has 1 heterocycles. The van der Waals surface area contributed by atoms with Crippen LogP contribution in [0.3, 0.4) is 0 Å². The lowest BCUT2D eigenvalue weighted by Gasteiger charge is -2.34. The molecular weight excluding hydrogens is 239 g/mol. The fourth-order valence-electron chi connectivity index (χ4n) is 2.44. The van der Waals surface area contributed by atoms with Gasteiger partial charge in [-0.25, -0.2) is 4.39 Å². The number of piperazine rings is 1. The van der Waals surface area contributed by atoms with Gasteiger partial charge in [-0.05, 0) is 18.6 Å². The Morgan fingerprint density at radius 2 is 2.12 bits per heavy atom. The minimum Gasteiger partial charge on any atom is -0.314 e. The normalized spacial score (nSPS) is 19.2. The first kappa shape index (κ1) is 12.8. The number of hydrogen-bond acceptors (Lipinski definition) is 2. The molecule has 2 nitrogen and oxygen atoms in total. The molecule has 1 aliphatic rings. The topological polar surface area (TPSA) is 15.3 Å². The van der Waals surface area contributed by atoms with Crippen molar-refractivity contribution in [3.8, 4) is 0 Å². The van der Waals surface area contributed by atoms with Gasteiger partial charge in [0.05, 0.1) is 0 Å². The van der Waals surface area contributed by atoms with Crippen molar-refractivity contribution in [2.24, 2.45) is 0 Å². The van der Waals surface area contributed by atoms with Crippen LogP contribution < -0.4 is 5.32 Å². The van der Waals surface area contributed by atoms with Gasteiger partial charge < -0.3 is 5.32 Å². The van der Waals surface area contributed by atoms with Gasteiger partial charge in [-0.2, -0.15) is 0 Å². The quantitative estimate of drug-likeness (QED) is 0.895. The second-order valence-corrected chi connectivity index (χ2v) is 4.81. The van der Waals surface area contributed by atoms with E-state index in [9.17, 15) is 4.39 Å². The van der Waals surface area contributed by atoms with Crippen molar-refractivity contribution in [1.82, 2.24) is 10.2 Å². The van der Waals surface area contributed by atoms with E-state index in [0.29, 0.717) is 5.02 Å². The van der Waals surface area contributed by atoms with Crippen molar-refractivity contribution in [3.05, 3.63) is 34.6 Å². The average Bonchev–Trinajstić information content (AvgIpc) is 2.34. The highest BCUT2D eigenvalue weighted by molar-refractivity contribution is 6.30. The van der Waals surface area contributed by atoms with Gasteiger partial charge in [0.2, 0.25) is 0 Å². The second-order valence-electron chi connectivity index (χ2n) is 4.38. The van der Waals surface area contributed by atoms with Crippen LogP contribution >= 0.6 is 11.6 Å². The maximum absolute atomic E-state index is 13.9. The number of nitrogens with one attached hydrogen (secondary N) is 1. The molecule has 0 aliphatic carbocycles. The number of halogens is 2. The van der Waals surface area contributed by atoms with E-state index in [4.69, 9.17) is 11.6 Å². The fraction of sp³-hybridized carbons (Fsp3) is 0.538. The molecule has 0 saturated carbocycles. The van der Waals surface area contributed by atoms with Gasteiger partial charge in [0, 0.05) is 42.8 Å². The summed E-state index contributed by atoms with van der Waals surface area (Å²) in [7, 11) is 0. The SMILES string of the molecule is CC[C@@H](c1ccc(Cl)cc1F)N1CCNCC1. The molecule has 1 aromatic carbocycles. The Morgan fingerprint density at radius 3 is 2.71 bits per heavy atom. The maximum Gasteiger partial charge on any atom is 0.129 e. The summed E-state index contributed by atoms with van der Waals surface area (Å²) in [6.45, 7) is 6.00. The lowest BCUT2D eigenvalue weighted by Crippen LogP contribution is -2.45. The molecule has 2 rings (SSSR count). The van der Waals surface area contributed by atoms with Crippen LogP contribution in [-0.2, 0) is 0 Å². The molecule has 0 aromatic heterocycles. The Balaban J connectivity index is 2.21. The predicted octanol–water partition coefficient (Wildman–Crippen LogP) is 2.84. The monoisotopic (exact) mass is 256 g/mol. The number of nitrogens with zero attached hydrogens (tertiary/aromatic N) is 1. The fourth-order valence-corrected chi connectivity index (χ4v) is 2.60. The van der Waals surface area contributed by atoms with Crippen molar-refractivity contribution in [3.63, 3.8) is 0 Å². The summed E-state index contributed by atoms with van der Waals surface area (Å²) in [5, 5.41) is 3.77. The van der Waals surface area contributed by atoms with Crippen molar-refractivity contribution in [2.75, 3.05) is 26.2 Å². The largest absolute Gasteiger partial charge is 0.314 e. The molecule has 1 N–H and O–H groups in total. The minimum atomic E-state index is -0.192. The minimum absolute atomic E-state index is 0.161. The molecule has 0 radical (unpaired) electrons. The van der Waals surface area contributed by atoms with E-state index in [-0.39, 0.29) is 11.9 Å². The van der Waals surface area contributed by atoms with E-state index in [1.165, 1.54) is 6.07 Å². The molecule has 4 heteroatoms. The third kappa shape index (κ3) is 2.97. The molecule has 0 unspecified atom stereocenters. The average molecular weight is 257 g/mol. The van der Waals surface area contributed by atoms with E-state index >= 15 is 0 Å². The van der Waals surface area contributed by atoms with Crippen molar-refractivity contribution in [1.29, 1.82) is 0 Å². The highest BCUT2D eigenvalue weighted by Crippen LogP contribution is 2.28.